The smallest absolute Gasteiger partial charge is 0.0783 e. The standard InChI is InChI=1S/C20H18N2/c1-3-9-16(10-4-1)15-22-19-14-8-7-13-18(19)20(21-22)17-11-5-2-6-12-17/h1-14,20-21H,15H2. The molecule has 1 heterocycles. The van der Waals surface area contributed by atoms with Gasteiger partial charge in [0.2, 0.25) is 0 Å². The summed E-state index contributed by atoms with van der Waals surface area (Å²) in [6.07, 6.45) is 0. The van der Waals surface area contributed by atoms with Gasteiger partial charge in [0, 0.05) is 5.56 Å². The second-order valence-corrected chi connectivity index (χ2v) is 5.60. The molecule has 0 amide bonds. The van der Waals surface area contributed by atoms with E-state index in [0.717, 1.165) is 6.54 Å². The normalized spacial score (nSPS) is 16.5. The highest BCUT2D eigenvalue weighted by atomic mass is 15.5. The number of hydrogen-bond acceptors (Lipinski definition) is 2. The Morgan fingerprint density at radius 3 is 2.14 bits per heavy atom. The highest BCUT2D eigenvalue weighted by Crippen LogP contribution is 2.37. The number of fused-ring (bicyclic) bond motifs is 1. The number of nitrogens with zero attached hydrogens (tertiary/aromatic N) is 1. The molecule has 1 aliphatic heterocycles. The van der Waals surface area contributed by atoms with E-state index in [2.05, 4.69) is 95.4 Å². The van der Waals surface area contributed by atoms with E-state index in [9.17, 15) is 0 Å². The molecule has 1 unspecified atom stereocenters. The first-order valence-electron chi connectivity index (χ1n) is 7.63. The predicted molar refractivity (Wildman–Crippen MR) is 90.5 cm³/mol. The first-order chi connectivity index (χ1) is 10.9. The van der Waals surface area contributed by atoms with Crippen LogP contribution >= 0.6 is 0 Å². The molecule has 0 saturated carbocycles. The van der Waals surface area contributed by atoms with Gasteiger partial charge in [-0.3, -0.25) is 0 Å². The van der Waals surface area contributed by atoms with Gasteiger partial charge in [-0.15, -0.1) is 0 Å². The Kier molecular flexibility index (Phi) is 3.37. The summed E-state index contributed by atoms with van der Waals surface area (Å²) >= 11 is 0. The zero-order valence-electron chi connectivity index (χ0n) is 12.3. The zero-order valence-corrected chi connectivity index (χ0v) is 12.3. The summed E-state index contributed by atoms with van der Waals surface area (Å²) in [4.78, 5) is 0. The van der Waals surface area contributed by atoms with Gasteiger partial charge >= 0.3 is 0 Å². The number of rotatable bonds is 3. The Bertz CT molecular complexity index is 753. The summed E-state index contributed by atoms with van der Waals surface area (Å²) in [7, 11) is 0. The van der Waals surface area contributed by atoms with Crippen LogP contribution in [0.15, 0.2) is 84.9 Å². The Morgan fingerprint density at radius 1 is 0.727 bits per heavy atom. The molecule has 108 valence electrons. The summed E-state index contributed by atoms with van der Waals surface area (Å²) in [5, 5.41) is 2.25. The predicted octanol–water partition coefficient (Wildman–Crippen LogP) is 4.30. The third kappa shape index (κ3) is 2.38. The molecular formula is C20H18N2. The number of hydrazine groups is 1. The summed E-state index contributed by atoms with van der Waals surface area (Å²) < 4.78 is 0. The van der Waals surface area contributed by atoms with Gasteiger partial charge in [0.15, 0.2) is 0 Å². The first kappa shape index (κ1) is 13.1. The molecule has 0 spiro atoms. The molecule has 1 aliphatic rings. The Morgan fingerprint density at radius 2 is 1.36 bits per heavy atom. The fourth-order valence-corrected chi connectivity index (χ4v) is 3.07. The van der Waals surface area contributed by atoms with Crippen molar-refractivity contribution in [2.75, 3.05) is 5.01 Å². The van der Waals surface area contributed by atoms with Gasteiger partial charge in [0.05, 0.1) is 18.3 Å². The summed E-state index contributed by atoms with van der Waals surface area (Å²) in [5.41, 5.74) is 8.86. The number of nitrogens with one attached hydrogen (secondary N) is 1. The second kappa shape index (κ2) is 5.66. The fraction of sp³-hybridized carbons (Fsp3) is 0.100. The maximum atomic E-state index is 3.65. The average molecular weight is 286 g/mol. The van der Waals surface area contributed by atoms with Crippen molar-refractivity contribution in [3.63, 3.8) is 0 Å². The summed E-state index contributed by atoms with van der Waals surface area (Å²) in [5.74, 6) is 0. The Balaban J connectivity index is 1.68. The van der Waals surface area contributed by atoms with Crippen molar-refractivity contribution in [2.24, 2.45) is 0 Å². The second-order valence-electron chi connectivity index (χ2n) is 5.60. The molecule has 2 nitrogen and oxygen atoms in total. The van der Waals surface area contributed by atoms with Crippen LogP contribution in [0.5, 0.6) is 0 Å². The van der Waals surface area contributed by atoms with Gasteiger partial charge in [-0.1, -0.05) is 78.9 Å². The summed E-state index contributed by atoms with van der Waals surface area (Å²) in [6, 6.07) is 30.0. The fourth-order valence-electron chi connectivity index (χ4n) is 3.07. The van der Waals surface area contributed by atoms with Crippen molar-refractivity contribution >= 4 is 5.69 Å². The van der Waals surface area contributed by atoms with Crippen LogP contribution in [0.25, 0.3) is 0 Å². The van der Waals surface area contributed by atoms with Crippen LogP contribution < -0.4 is 10.4 Å². The quantitative estimate of drug-likeness (QED) is 0.772. The van der Waals surface area contributed by atoms with Gasteiger partial charge < -0.3 is 5.01 Å². The molecule has 0 bridgehead atoms. The topological polar surface area (TPSA) is 15.3 Å². The molecule has 1 N–H and O–H groups in total. The molecule has 0 radical (unpaired) electrons. The van der Waals surface area contributed by atoms with E-state index in [-0.39, 0.29) is 6.04 Å². The molecule has 22 heavy (non-hydrogen) atoms. The van der Waals surface area contributed by atoms with E-state index < -0.39 is 0 Å². The van der Waals surface area contributed by atoms with Crippen molar-refractivity contribution in [1.82, 2.24) is 5.43 Å². The first-order valence-corrected chi connectivity index (χ1v) is 7.63. The third-order valence-corrected chi connectivity index (χ3v) is 4.14. The highest BCUT2D eigenvalue weighted by Gasteiger charge is 2.28. The van der Waals surface area contributed by atoms with Crippen LogP contribution in [0, 0.1) is 0 Å². The van der Waals surface area contributed by atoms with Gasteiger partial charge in [-0.05, 0) is 17.2 Å². The van der Waals surface area contributed by atoms with Crippen LogP contribution in [0.3, 0.4) is 0 Å². The average Bonchev–Trinajstić information content (AvgIpc) is 2.96. The Labute approximate surface area is 131 Å². The third-order valence-electron chi connectivity index (χ3n) is 4.14. The monoisotopic (exact) mass is 286 g/mol. The number of hydrogen-bond donors (Lipinski definition) is 1. The lowest BCUT2D eigenvalue weighted by atomic mass is 9.99. The Hall–Kier alpha value is -2.58. The molecule has 4 rings (SSSR count). The molecule has 0 aliphatic carbocycles. The highest BCUT2D eigenvalue weighted by molar-refractivity contribution is 5.60. The minimum atomic E-state index is 0.223. The minimum Gasteiger partial charge on any atom is -0.303 e. The lowest BCUT2D eigenvalue weighted by Gasteiger charge is -2.21. The molecule has 0 saturated heterocycles. The van der Waals surface area contributed by atoms with Gasteiger partial charge in [0.25, 0.3) is 0 Å². The largest absolute Gasteiger partial charge is 0.303 e. The lowest BCUT2D eigenvalue weighted by molar-refractivity contribution is 0.604. The van der Waals surface area contributed by atoms with E-state index in [0.29, 0.717) is 0 Å². The molecular weight excluding hydrogens is 268 g/mol. The van der Waals surface area contributed by atoms with Crippen molar-refractivity contribution in [1.29, 1.82) is 0 Å². The number of benzene rings is 3. The van der Waals surface area contributed by atoms with E-state index in [1.54, 1.807) is 0 Å². The van der Waals surface area contributed by atoms with E-state index in [1.807, 2.05) is 0 Å². The van der Waals surface area contributed by atoms with Crippen LogP contribution in [0.2, 0.25) is 0 Å². The van der Waals surface area contributed by atoms with Crippen LogP contribution in [-0.4, -0.2) is 0 Å². The molecule has 2 heteroatoms. The molecule has 0 aromatic heterocycles. The zero-order chi connectivity index (χ0) is 14.8. The minimum absolute atomic E-state index is 0.223. The van der Waals surface area contributed by atoms with Gasteiger partial charge in [0.1, 0.15) is 0 Å². The van der Waals surface area contributed by atoms with Crippen LogP contribution in [-0.2, 0) is 6.54 Å². The van der Waals surface area contributed by atoms with Gasteiger partial charge in [-0.2, -0.15) is 0 Å². The SMILES string of the molecule is c1ccc(CN2NC(c3ccccc3)c3ccccc32)cc1. The maximum Gasteiger partial charge on any atom is 0.0783 e. The summed E-state index contributed by atoms with van der Waals surface area (Å²) in [6.45, 7) is 0.862. The molecule has 1 atom stereocenters. The van der Waals surface area contributed by atoms with Crippen LogP contribution in [0.4, 0.5) is 5.69 Å². The van der Waals surface area contributed by atoms with E-state index in [1.165, 1.54) is 22.4 Å². The van der Waals surface area contributed by atoms with Crippen molar-refractivity contribution in [3.05, 3.63) is 102 Å². The molecule has 3 aromatic carbocycles. The van der Waals surface area contributed by atoms with Crippen molar-refractivity contribution in [2.45, 2.75) is 12.6 Å². The maximum absolute atomic E-state index is 3.65. The van der Waals surface area contributed by atoms with E-state index in [4.69, 9.17) is 0 Å². The van der Waals surface area contributed by atoms with Crippen molar-refractivity contribution in [3.8, 4) is 0 Å². The number of anilines is 1. The van der Waals surface area contributed by atoms with Gasteiger partial charge in [-0.25, -0.2) is 5.43 Å². The lowest BCUT2D eigenvalue weighted by Crippen LogP contribution is -2.34. The molecule has 0 fully saturated rings. The number of para-hydroxylation sites is 1. The van der Waals surface area contributed by atoms with E-state index >= 15 is 0 Å². The van der Waals surface area contributed by atoms with Crippen molar-refractivity contribution < 1.29 is 0 Å². The van der Waals surface area contributed by atoms with Crippen LogP contribution in [0.1, 0.15) is 22.7 Å². The molecule has 3 aromatic rings.